The highest BCUT2D eigenvalue weighted by Gasteiger charge is 2.51. The lowest BCUT2D eigenvalue weighted by Crippen LogP contribution is -2.62. The first-order valence-corrected chi connectivity index (χ1v) is 4.69. The van der Waals surface area contributed by atoms with Crippen molar-refractivity contribution in [1.82, 2.24) is 0 Å². The average Bonchev–Trinajstić information content (AvgIpc) is 2.22. The molecule has 8 nitrogen and oxygen atoms in total. The van der Waals surface area contributed by atoms with Gasteiger partial charge in [-0.2, -0.15) is 0 Å². The Bertz CT molecular complexity index is 273. The molecule has 1 heterocycles. The molecule has 0 bridgehead atoms. The molecule has 0 radical (unpaired) electrons. The predicted molar refractivity (Wildman–Crippen MR) is 49.2 cm³/mol. The minimum Gasteiger partial charge on any atom is -0.477 e. The van der Waals surface area contributed by atoms with Crippen LogP contribution >= 0.6 is 0 Å². The highest BCUT2D eigenvalue weighted by Crippen LogP contribution is 2.29. The summed E-state index contributed by atoms with van der Waals surface area (Å²) in [6.45, 7) is -0.301. The molecule has 2 unspecified atom stereocenters. The van der Waals surface area contributed by atoms with Gasteiger partial charge in [-0.1, -0.05) is 0 Å². The first kappa shape index (κ1) is 13.3. The van der Waals surface area contributed by atoms with Crippen LogP contribution in [0.4, 0.5) is 0 Å². The number of aliphatic hydroxyl groups excluding tert-OH is 3. The summed E-state index contributed by atoms with van der Waals surface area (Å²) in [4.78, 5) is 10.7. The number of rotatable bonds is 3. The van der Waals surface area contributed by atoms with Gasteiger partial charge >= 0.3 is 5.97 Å². The summed E-state index contributed by atoms with van der Waals surface area (Å²) in [7, 11) is 0. The van der Waals surface area contributed by atoms with E-state index in [0.29, 0.717) is 0 Å². The quantitative estimate of drug-likeness (QED) is 0.297. The van der Waals surface area contributed by atoms with Crippen LogP contribution in [0, 0.1) is 0 Å². The molecule has 0 amide bonds. The van der Waals surface area contributed by atoms with Crippen molar-refractivity contribution in [3.63, 3.8) is 0 Å². The van der Waals surface area contributed by atoms with Gasteiger partial charge in [0.15, 0.2) is 0 Å². The minimum atomic E-state index is -2.63. The Morgan fingerprint density at radius 1 is 1.56 bits per heavy atom. The number of hydrogen-bond donors (Lipinski definition) is 6. The van der Waals surface area contributed by atoms with Crippen LogP contribution in [0.15, 0.2) is 0 Å². The lowest BCUT2D eigenvalue weighted by Gasteiger charge is -2.41. The third kappa shape index (κ3) is 2.32. The van der Waals surface area contributed by atoms with Gasteiger partial charge < -0.3 is 36.0 Å². The van der Waals surface area contributed by atoms with Gasteiger partial charge in [0.05, 0.1) is 12.2 Å². The largest absolute Gasteiger partial charge is 0.477 e. The van der Waals surface area contributed by atoms with Crippen LogP contribution in [0.2, 0.25) is 0 Å². The molecular weight excluding hydrogens is 222 g/mol. The minimum absolute atomic E-state index is 0.301. The predicted octanol–water partition coefficient (Wildman–Crippen LogP) is -3.41. The summed E-state index contributed by atoms with van der Waals surface area (Å²) in [6, 6.07) is 0. The van der Waals surface area contributed by atoms with E-state index in [1.807, 2.05) is 0 Å². The summed E-state index contributed by atoms with van der Waals surface area (Å²) in [5, 5.41) is 46.4. The second kappa shape index (κ2) is 4.62. The molecule has 8 heteroatoms. The average molecular weight is 237 g/mol. The Hall–Kier alpha value is -0.770. The Morgan fingerprint density at radius 3 is 2.56 bits per heavy atom. The third-order valence-corrected chi connectivity index (χ3v) is 2.50. The first-order chi connectivity index (χ1) is 7.31. The Labute approximate surface area is 90.9 Å². The number of hydrogen-bond acceptors (Lipinski definition) is 7. The Kier molecular flexibility index (Phi) is 3.84. The van der Waals surface area contributed by atoms with Crippen molar-refractivity contribution in [3.8, 4) is 0 Å². The van der Waals surface area contributed by atoms with Crippen molar-refractivity contribution < 1.29 is 35.1 Å². The van der Waals surface area contributed by atoms with Crippen LogP contribution in [-0.4, -0.2) is 68.2 Å². The standard InChI is InChI=1S/C8H15NO7/c9-2-4(11)6-5(12)3(10)1-8(15,16-6)7(13)14/h3-6,10-12,15H,1-2,9H2,(H,13,14)/t3-,4-,5-,6?,8?/m1/s1. The number of carboxylic acid groups (broad SMARTS) is 1. The lowest BCUT2D eigenvalue weighted by molar-refractivity contribution is -0.306. The highest BCUT2D eigenvalue weighted by atomic mass is 16.7. The molecule has 1 fully saturated rings. The number of carbonyl (C=O) groups is 1. The molecule has 0 saturated carbocycles. The summed E-state index contributed by atoms with van der Waals surface area (Å²) in [5.74, 6) is -4.33. The number of ether oxygens (including phenoxy) is 1. The zero-order valence-electron chi connectivity index (χ0n) is 8.35. The fourth-order valence-electron chi connectivity index (χ4n) is 1.54. The van der Waals surface area contributed by atoms with Crippen LogP contribution in [0.25, 0.3) is 0 Å². The number of carboxylic acids is 1. The van der Waals surface area contributed by atoms with Crippen LogP contribution < -0.4 is 5.73 Å². The maximum atomic E-state index is 10.7. The summed E-state index contributed by atoms with van der Waals surface area (Å²) in [5.41, 5.74) is 5.12. The van der Waals surface area contributed by atoms with E-state index >= 15 is 0 Å². The first-order valence-electron chi connectivity index (χ1n) is 4.69. The van der Waals surface area contributed by atoms with Gasteiger partial charge in [0.1, 0.15) is 12.2 Å². The molecule has 1 aliphatic heterocycles. The molecule has 94 valence electrons. The third-order valence-electron chi connectivity index (χ3n) is 2.50. The highest BCUT2D eigenvalue weighted by molar-refractivity contribution is 5.75. The van der Waals surface area contributed by atoms with E-state index in [-0.39, 0.29) is 6.54 Å². The van der Waals surface area contributed by atoms with Gasteiger partial charge in [-0.25, -0.2) is 4.79 Å². The molecule has 0 aromatic carbocycles. The monoisotopic (exact) mass is 237 g/mol. The van der Waals surface area contributed by atoms with E-state index in [1.54, 1.807) is 0 Å². The molecule has 1 saturated heterocycles. The molecule has 0 aliphatic carbocycles. The molecule has 16 heavy (non-hydrogen) atoms. The van der Waals surface area contributed by atoms with Crippen molar-refractivity contribution in [2.24, 2.45) is 5.73 Å². The van der Waals surface area contributed by atoms with Gasteiger partial charge in [-0.05, 0) is 0 Å². The summed E-state index contributed by atoms with van der Waals surface area (Å²) in [6.07, 6.45) is -6.53. The molecule has 0 aromatic heterocycles. The molecule has 0 aromatic rings. The van der Waals surface area contributed by atoms with E-state index in [4.69, 9.17) is 10.8 Å². The molecule has 0 spiro atoms. The van der Waals surface area contributed by atoms with E-state index in [1.165, 1.54) is 0 Å². The molecule has 1 aliphatic rings. The van der Waals surface area contributed by atoms with Crippen LogP contribution in [0.3, 0.4) is 0 Å². The topological polar surface area (TPSA) is 153 Å². The van der Waals surface area contributed by atoms with Gasteiger partial charge in [0, 0.05) is 13.0 Å². The normalized spacial score (nSPS) is 41.7. The second-order valence-corrected chi connectivity index (χ2v) is 3.74. The van der Waals surface area contributed by atoms with Crippen molar-refractivity contribution in [3.05, 3.63) is 0 Å². The van der Waals surface area contributed by atoms with E-state index in [0.717, 1.165) is 0 Å². The zero-order valence-corrected chi connectivity index (χ0v) is 8.35. The number of aliphatic hydroxyl groups is 4. The summed E-state index contributed by atoms with van der Waals surface area (Å²) < 4.78 is 4.69. The second-order valence-electron chi connectivity index (χ2n) is 3.74. The van der Waals surface area contributed by atoms with Crippen molar-refractivity contribution >= 4 is 5.97 Å². The lowest BCUT2D eigenvalue weighted by atomic mass is 9.92. The van der Waals surface area contributed by atoms with Crippen molar-refractivity contribution in [2.75, 3.05) is 6.54 Å². The molecule has 1 rings (SSSR count). The van der Waals surface area contributed by atoms with Crippen molar-refractivity contribution in [1.29, 1.82) is 0 Å². The van der Waals surface area contributed by atoms with E-state index < -0.39 is 42.6 Å². The zero-order chi connectivity index (χ0) is 12.5. The van der Waals surface area contributed by atoms with Crippen molar-refractivity contribution in [2.45, 2.75) is 36.6 Å². The fourth-order valence-corrected chi connectivity index (χ4v) is 1.54. The van der Waals surface area contributed by atoms with Crippen LogP contribution in [0.1, 0.15) is 6.42 Å². The molecule has 7 N–H and O–H groups in total. The Morgan fingerprint density at radius 2 is 2.12 bits per heavy atom. The maximum absolute atomic E-state index is 10.7. The smallest absolute Gasteiger partial charge is 0.364 e. The van der Waals surface area contributed by atoms with E-state index in [2.05, 4.69) is 4.74 Å². The SMILES string of the molecule is NC[C@@H](O)C1OC(O)(C(=O)O)C[C@@H](O)[C@H]1O. The van der Waals surface area contributed by atoms with E-state index in [9.17, 15) is 25.2 Å². The van der Waals surface area contributed by atoms with Gasteiger partial charge in [-0.15, -0.1) is 0 Å². The van der Waals surface area contributed by atoms with Gasteiger partial charge in [0.25, 0.3) is 5.79 Å². The summed E-state index contributed by atoms with van der Waals surface area (Å²) >= 11 is 0. The van der Waals surface area contributed by atoms with Gasteiger partial charge in [-0.3, -0.25) is 0 Å². The molecule has 5 atom stereocenters. The Balaban J connectivity index is 2.89. The molecular formula is C8H15NO7. The van der Waals surface area contributed by atoms with Crippen LogP contribution in [-0.2, 0) is 9.53 Å². The maximum Gasteiger partial charge on any atom is 0.364 e. The van der Waals surface area contributed by atoms with Gasteiger partial charge in [0.2, 0.25) is 0 Å². The number of nitrogens with two attached hydrogens (primary N) is 1. The fraction of sp³-hybridized carbons (Fsp3) is 0.875. The number of aliphatic carboxylic acids is 1. The van der Waals surface area contributed by atoms with Crippen LogP contribution in [0.5, 0.6) is 0 Å².